The van der Waals surface area contributed by atoms with Crippen LogP contribution >= 0.6 is 0 Å². The molecular weight excluding hydrogens is 360 g/mol. The number of pyridine rings is 3. The first kappa shape index (κ1) is 17.7. The Bertz CT molecular complexity index is 1100. The highest BCUT2D eigenvalue weighted by Crippen LogP contribution is 2.30. The third-order valence-corrected chi connectivity index (χ3v) is 4.83. The second-order valence-electron chi connectivity index (χ2n) is 6.60. The van der Waals surface area contributed by atoms with Gasteiger partial charge in [0.05, 0.1) is 5.69 Å². The normalized spacial score (nSPS) is 16.2. The van der Waals surface area contributed by atoms with E-state index in [0.717, 1.165) is 16.0 Å². The van der Waals surface area contributed by atoms with E-state index in [2.05, 4.69) is 20.3 Å². The summed E-state index contributed by atoms with van der Waals surface area (Å²) < 4.78 is 0. The number of aromatic nitrogens is 3. The molecule has 0 aliphatic carbocycles. The summed E-state index contributed by atoms with van der Waals surface area (Å²) >= 11 is 0. The lowest BCUT2D eigenvalue weighted by Gasteiger charge is -2.23. The standard InChI is InChI=1S/C19H18N6O3/c1-10-2-4-21-8-12(10)14-6-11-7-16(23-9-13(11)17(20)24-14)25(19(27)28)15-3-5-22-18(15)26/h2,4,6-9,15H,3,5H2,1H3,(H2,20,24)(H,22,26)(H,27,28)/t15-/m1/s1. The highest BCUT2D eigenvalue weighted by atomic mass is 16.4. The van der Waals surface area contributed by atoms with Crippen LogP contribution in [0.25, 0.3) is 22.0 Å². The summed E-state index contributed by atoms with van der Waals surface area (Å²) in [5, 5.41) is 13.6. The van der Waals surface area contributed by atoms with Crippen molar-refractivity contribution in [3.8, 4) is 11.3 Å². The van der Waals surface area contributed by atoms with Crippen molar-refractivity contribution in [1.82, 2.24) is 20.3 Å². The molecule has 1 aliphatic rings. The smallest absolute Gasteiger partial charge is 0.413 e. The number of rotatable bonds is 3. The van der Waals surface area contributed by atoms with Crippen LogP contribution in [0.5, 0.6) is 0 Å². The second-order valence-corrected chi connectivity index (χ2v) is 6.60. The van der Waals surface area contributed by atoms with Crippen molar-refractivity contribution in [2.45, 2.75) is 19.4 Å². The lowest BCUT2D eigenvalue weighted by molar-refractivity contribution is -0.120. The van der Waals surface area contributed by atoms with Crippen molar-refractivity contribution in [2.24, 2.45) is 0 Å². The van der Waals surface area contributed by atoms with E-state index in [0.29, 0.717) is 29.4 Å². The fourth-order valence-electron chi connectivity index (χ4n) is 3.38. The maximum absolute atomic E-state index is 12.0. The van der Waals surface area contributed by atoms with Gasteiger partial charge in [0, 0.05) is 36.1 Å². The van der Waals surface area contributed by atoms with E-state index in [1.807, 2.05) is 19.1 Å². The van der Waals surface area contributed by atoms with E-state index in [1.165, 1.54) is 6.20 Å². The Kier molecular flexibility index (Phi) is 4.26. The van der Waals surface area contributed by atoms with Gasteiger partial charge in [-0.3, -0.25) is 9.78 Å². The van der Waals surface area contributed by atoms with E-state index >= 15 is 0 Å². The number of nitrogens with two attached hydrogens (primary N) is 1. The number of carboxylic acid groups (broad SMARTS) is 1. The summed E-state index contributed by atoms with van der Waals surface area (Å²) in [7, 11) is 0. The van der Waals surface area contributed by atoms with Gasteiger partial charge >= 0.3 is 6.09 Å². The molecule has 2 amide bonds. The molecule has 142 valence electrons. The molecule has 4 heterocycles. The van der Waals surface area contributed by atoms with E-state index in [4.69, 9.17) is 5.73 Å². The molecule has 1 aliphatic heterocycles. The van der Waals surface area contributed by atoms with Crippen molar-refractivity contribution in [3.63, 3.8) is 0 Å². The summed E-state index contributed by atoms with van der Waals surface area (Å²) in [6, 6.07) is 4.50. The monoisotopic (exact) mass is 378 g/mol. The first-order chi connectivity index (χ1) is 13.5. The van der Waals surface area contributed by atoms with Crippen LogP contribution in [-0.2, 0) is 4.79 Å². The molecule has 0 aromatic carbocycles. The van der Waals surface area contributed by atoms with Crippen LogP contribution in [0.1, 0.15) is 12.0 Å². The summed E-state index contributed by atoms with van der Waals surface area (Å²) in [5.41, 5.74) is 8.57. The molecule has 1 saturated heterocycles. The molecule has 9 nitrogen and oxygen atoms in total. The van der Waals surface area contributed by atoms with Crippen LogP contribution < -0.4 is 16.0 Å². The van der Waals surface area contributed by atoms with Gasteiger partial charge in [0.2, 0.25) is 5.91 Å². The van der Waals surface area contributed by atoms with Crippen LogP contribution in [0.15, 0.2) is 36.8 Å². The number of fused-ring (bicyclic) bond motifs is 1. The lowest BCUT2D eigenvalue weighted by Crippen LogP contribution is -2.44. The van der Waals surface area contributed by atoms with Crippen LogP contribution in [0.3, 0.4) is 0 Å². The van der Waals surface area contributed by atoms with Gasteiger partial charge in [0.25, 0.3) is 0 Å². The maximum atomic E-state index is 12.0. The van der Waals surface area contributed by atoms with Gasteiger partial charge in [-0.1, -0.05) is 0 Å². The summed E-state index contributed by atoms with van der Waals surface area (Å²) in [4.78, 5) is 37.6. The van der Waals surface area contributed by atoms with E-state index in [9.17, 15) is 14.7 Å². The van der Waals surface area contributed by atoms with E-state index in [1.54, 1.807) is 18.5 Å². The Labute approximate surface area is 160 Å². The lowest BCUT2D eigenvalue weighted by atomic mass is 10.1. The number of nitrogens with one attached hydrogen (secondary N) is 1. The number of nitrogens with zero attached hydrogens (tertiary/aromatic N) is 4. The topological polar surface area (TPSA) is 134 Å². The minimum Gasteiger partial charge on any atom is -0.465 e. The SMILES string of the molecule is Cc1ccncc1-c1cc2cc(N(C(=O)O)[C@@H]3CCNC3=O)ncc2c(N)n1. The predicted octanol–water partition coefficient (Wildman–Crippen LogP) is 1.96. The number of nitrogen functional groups attached to an aromatic ring is 1. The molecule has 0 saturated carbocycles. The van der Waals surface area contributed by atoms with Crippen molar-refractivity contribution >= 4 is 34.4 Å². The number of aryl methyl sites for hydroxylation is 1. The highest BCUT2D eigenvalue weighted by Gasteiger charge is 2.35. The fourth-order valence-corrected chi connectivity index (χ4v) is 3.38. The first-order valence-corrected chi connectivity index (χ1v) is 8.73. The number of hydrogen-bond acceptors (Lipinski definition) is 6. The Balaban J connectivity index is 1.84. The minimum atomic E-state index is -1.24. The largest absolute Gasteiger partial charge is 0.465 e. The molecule has 0 bridgehead atoms. The Morgan fingerprint density at radius 1 is 1.36 bits per heavy atom. The van der Waals surface area contributed by atoms with Crippen molar-refractivity contribution in [3.05, 3.63) is 42.4 Å². The zero-order valence-corrected chi connectivity index (χ0v) is 15.1. The molecule has 4 rings (SSSR count). The molecular formula is C19H18N6O3. The van der Waals surface area contributed by atoms with Gasteiger partial charge < -0.3 is 16.2 Å². The number of anilines is 2. The average Bonchev–Trinajstić information content (AvgIpc) is 3.07. The second kappa shape index (κ2) is 6.76. The Hall–Kier alpha value is -3.75. The number of carbonyl (C=O) groups is 2. The predicted molar refractivity (Wildman–Crippen MR) is 104 cm³/mol. The van der Waals surface area contributed by atoms with Gasteiger partial charge in [-0.2, -0.15) is 0 Å². The fraction of sp³-hybridized carbons (Fsp3) is 0.211. The molecule has 3 aromatic rings. The van der Waals surface area contributed by atoms with Crippen molar-refractivity contribution < 1.29 is 14.7 Å². The van der Waals surface area contributed by atoms with Crippen molar-refractivity contribution in [1.29, 1.82) is 0 Å². The molecule has 3 aromatic heterocycles. The highest BCUT2D eigenvalue weighted by molar-refractivity contribution is 6.00. The molecule has 0 unspecified atom stereocenters. The average molecular weight is 378 g/mol. The minimum absolute atomic E-state index is 0.168. The molecule has 1 atom stereocenters. The van der Waals surface area contributed by atoms with Gasteiger partial charge in [0.1, 0.15) is 17.7 Å². The van der Waals surface area contributed by atoms with E-state index in [-0.39, 0.29) is 17.5 Å². The van der Waals surface area contributed by atoms with Gasteiger partial charge in [-0.05, 0) is 42.5 Å². The van der Waals surface area contributed by atoms with Crippen LogP contribution in [0.2, 0.25) is 0 Å². The molecule has 4 N–H and O–H groups in total. The molecule has 0 spiro atoms. The van der Waals surface area contributed by atoms with Crippen LogP contribution in [-0.4, -0.2) is 44.6 Å². The van der Waals surface area contributed by atoms with Crippen LogP contribution in [0.4, 0.5) is 16.4 Å². The third-order valence-electron chi connectivity index (χ3n) is 4.83. The van der Waals surface area contributed by atoms with Gasteiger partial charge in [-0.25, -0.2) is 19.7 Å². The molecule has 9 heteroatoms. The zero-order valence-electron chi connectivity index (χ0n) is 15.1. The number of carbonyl (C=O) groups excluding carboxylic acids is 1. The van der Waals surface area contributed by atoms with Crippen LogP contribution in [0, 0.1) is 6.92 Å². The number of hydrogen-bond donors (Lipinski definition) is 3. The zero-order chi connectivity index (χ0) is 19.8. The Morgan fingerprint density at radius 3 is 2.86 bits per heavy atom. The Morgan fingerprint density at radius 2 is 2.18 bits per heavy atom. The summed E-state index contributed by atoms with van der Waals surface area (Å²) in [5.74, 6) is 0.127. The third kappa shape index (κ3) is 2.96. The van der Waals surface area contributed by atoms with Gasteiger partial charge in [0.15, 0.2) is 0 Å². The summed E-state index contributed by atoms with van der Waals surface area (Å²) in [6.07, 6.45) is 4.04. The van der Waals surface area contributed by atoms with Gasteiger partial charge in [-0.15, -0.1) is 0 Å². The first-order valence-electron chi connectivity index (χ1n) is 8.73. The van der Waals surface area contributed by atoms with Crippen molar-refractivity contribution in [2.75, 3.05) is 17.2 Å². The molecule has 1 fully saturated rings. The number of amides is 2. The molecule has 28 heavy (non-hydrogen) atoms. The summed E-state index contributed by atoms with van der Waals surface area (Å²) in [6.45, 7) is 2.38. The quantitative estimate of drug-likeness (QED) is 0.634. The van der Waals surface area contributed by atoms with E-state index < -0.39 is 12.1 Å². The maximum Gasteiger partial charge on any atom is 0.413 e. The molecule has 0 radical (unpaired) electrons.